The van der Waals surface area contributed by atoms with Crippen LogP contribution in [0.2, 0.25) is 0 Å². The van der Waals surface area contributed by atoms with Crippen LogP contribution in [0.3, 0.4) is 0 Å². The van der Waals surface area contributed by atoms with Crippen LogP contribution in [0.4, 0.5) is 27.8 Å². The lowest BCUT2D eigenvalue weighted by Crippen LogP contribution is -2.43. The number of alkyl halides is 3. The Bertz CT molecular complexity index is 1490. The first kappa shape index (κ1) is 32.6. The zero-order valence-electron chi connectivity index (χ0n) is 23.9. The number of hydrogen-bond acceptors (Lipinski definition) is 5. The SMILES string of the molecule is CCCC(F)OC(=O)CCC(CNC(=O)c1c(C)c(N2CCCC(F)(F)C2)nc2ccc(Br)cc12)c1cc(F)ccc1F. The highest BCUT2D eigenvalue weighted by atomic mass is 79.9. The predicted molar refractivity (Wildman–Crippen MR) is 157 cm³/mol. The van der Waals surface area contributed by atoms with Gasteiger partial charge in [-0.25, -0.2) is 26.9 Å². The minimum absolute atomic E-state index is 0.0379. The van der Waals surface area contributed by atoms with E-state index in [0.29, 0.717) is 33.9 Å². The van der Waals surface area contributed by atoms with Gasteiger partial charge in [0.1, 0.15) is 17.5 Å². The number of carbonyl (C=O) groups excluding carboxylic acids is 2. The van der Waals surface area contributed by atoms with Crippen LogP contribution in [0.5, 0.6) is 0 Å². The molecule has 1 aromatic heterocycles. The smallest absolute Gasteiger partial charge is 0.308 e. The van der Waals surface area contributed by atoms with E-state index in [0.717, 1.165) is 18.2 Å². The average Bonchev–Trinajstić information content (AvgIpc) is 2.93. The number of amides is 1. The normalized spacial score (nSPS) is 16.1. The van der Waals surface area contributed by atoms with Crippen molar-refractivity contribution in [2.75, 3.05) is 24.5 Å². The molecule has 0 radical (unpaired) electrons. The number of rotatable bonds is 11. The van der Waals surface area contributed by atoms with Gasteiger partial charge in [-0.15, -0.1) is 0 Å². The van der Waals surface area contributed by atoms with Crippen LogP contribution in [0.15, 0.2) is 40.9 Å². The molecule has 3 aromatic rings. The average molecular weight is 671 g/mol. The number of nitrogens with one attached hydrogen (secondary N) is 1. The van der Waals surface area contributed by atoms with Gasteiger partial charge in [0.05, 0.1) is 17.6 Å². The molecule has 2 heterocycles. The highest BCUT2D eigenvalue weighted by Crippen LogP contribution is 2.35. The Morgan fingerprint density at radius 3 is 2.65 bits per heavy atom. The van der Waals surface area contributed by atoms with Crippen LogP contribution in [-0.4, -0.2) is 48.8 Å². The van der Waals surface area contributed by atoms with Crippen LogP contribution < -0.4 is 10.2 Å². The fraction of sp³-hybridized carbons (Fsp3) is 0.452. The molecule has 4 rings (SSSR count). The van der Waals surface area contributed by atoms with Crippen molar-refractivity contribution in [3.8, 4) is 0 Å². The molecule has 1 aliphatic heterocycles. The maximum absolute atomic E-state index is 14.8. The number of carbonyl (C=O) groups is 2. The van der Waals surface area contributed by atoms with Crippen molar-refractivity contribution in [3.63, 3.8) is 0 Å². The number of benzene rings is 2. The Balaban J connectivity index is 1.63. The second kappa shape index (κ2) is 14.0. The van der Waals surface area contributed by atoms with E-state index in [4.69, 9.17) is 4.74 Å². The minimum atomic E-state index is -2.90. The van der Waals surface area contributed by atoms with Crippen LogP contribution in [-0.2, 0) is 9.53 Å². The molecule has 0 bridgehead atoms. The Hall–Kier alpha value is -3.28. The van der Waals surface area contributed by atoms with Crippen molar-refractivity contribution in [2.45, 2.75) is 70.6 Å². The van der Waals surface area contributed by atoms with Crippen molar-refractivity contribution >= 4 is 44.5 Å². The second-order valence-electron chi connectivity index (χ2n) is 10.8. The minimum Gasteiger partial charge on any atom is -0.431 e. The molecule has 1 saturated heterocycles. The maximum atomic E-state index is 14.8. The summed E-state index contributed by atoms with van der Waals surface area (Å²) in [6.45, 7) is 2.99. The summed E-state index contributed by atoms with van der Waals surface area (Å²) in [6, 6.07) is 8.00. The van der Waals surface area contributed by atoms with Crippen LogP contribution >= 0.6 is 15.9 Å². The lowest BCUT2D eigenvalue weighted by Gasteiger charge is -2.34. The largest absolute Gasteiger partial charge is 0.431 e. The van der Waals surface area contributed by atoms with E-state index >= 15 is 0 Å². The Morgan fingerprint density at radius 1 is 1.16 bits per heavy atom. The lowest BCUT2D eigenvalue weighted by molar-refractivity contribution is -0.158. The quantitative estimate of drug-likeness (QED) is 0.167. The number of fused-ring (bicyclic) bond motifs is 1. The zero-order valence-corrected chi connectivity index (χ0v) is 25.5. The molecule has 6 nitrogen and oxygen atoms in total. The monoisotopic (exact) mass is 669 g/mol. The van der Waals surface area contributed by atoms with Gasteiger partial charge in [0.25, 0.3) is 11.8 Å². The van der Waals surface area contributed by atoms with Gasteiger partial charge in [0.2, 0.25) is 6.36 Å². The Labute approximate surface area is 255 Å². The first-order chi connectivity index (χ1) is 20.4. The summed E-state index contributed by atoms with van der Waals surface area (Å²) < 4.78 is 76.7. The van der Waals surface area contributed by atoms with Crippen LogP contribution in [0.1, 0.15) is 72.9 Å². The number of esters is 1. The van der Waals surface area contributed by atoms with E-state index in [1.165, 1.54) is 4.90 Å². The van der Waals surface area contributed by atoms with Gasteiger partial charge in [0.15, 0.2) is 0 Å². The fourth-order valence-electron chi connectivity index (χ4n) is 5.34. The second-order valence-corrected chi connectivity index (χ2v) is 11.7. The zero-order chi connectivity index (χ0) is 31.3. The maximum Gasteiger partial charge on any atom is 0.308 e. The Kier molecular flexibility index (Phi) is 10.6. The molecule has 1 fully saturated rings. The van der Waals surface area contributed by atoms with Crippen molar-refractivity contribution in [2.24, 2.45) is 0 Å². The van der Waals surface area contributed by atoms with Crippen molar-refractivity contribution in [3.05, 3.63) is 69.2 Å². The van der Waals surface area contributed by atoms with Gasteiger partial charge in [-0.05, 0) is 68.1 Å². The van der Waals surface area contributed by atoms with E-state index in [-0.39, 0.29) is 55.6 Å². The molecule has 0 spiro atoms. The summed E-state index contributed by atoms with van der Waals surface area (Å²) in [5.41, 5.74) is 0.954. The van der Waals surface area contributed by atoms with Crippen molar-refractivity contribution in [1.82, 2.24) is 10.3 Å². The van der Waals surface area contributed by atoms with Gasteiger partial charge in [-0.1, -0.05) is 22.9 Å². The standard InChI is InChI=1S/C31H33BrF5N3O3/c1-3-5-26(35)43-27(41)11-6-19(22-15-21(33)8-9-24(22)34)16-38-30(42)28-18(2)29(40-13-4-12-31(36,37)17-40)39-25-10-7-20(32)14-23(25)28/h7-10,14-15,19,26H,3-6,11-13,16-17H2,1-2H3,(H,38,42). The molecule has 1 aliphatic rings. The first-order valence-electron chi connectivity index (χ1n) is 14.2. The van der Waals surface area contributed by atoms with Gasteiger partial charge >= 0.3 is 5.97 Å². The molecule has 2 aromatic carbocycles. The molecule has 2 unspecified atom stereocenters. The molecule has 43 heavy (non-hydrogen) atoms. The summed E-state index contributed by atoms with van der Waals surface area (Å²) >= 11 is 3.40. The third-order valence-corrected chi connectivity index (χ3v) is 7.96. The van der Waals surface area contributed by atoms with Gasteiger partial charge < -0.3 is 15.0 Å². The van der Waals surface area contributed by atoms with E-state index in [9.17, 15) is 31.5 Å². The molecule has 0 aliphatic carbocycles. The number of hydrogen-bond donors (Lipinski definition) is 1. The van der Waals surface area contributed by atoms with Gasteiger partial charge in [-0.2, -0.15) is 0 Å². The number of piperidine rings is 1. The molecule has 232 valence electrons. The first-order valence-corrected chi connectivity index (χ1v) is 15.0. The molecule has 12 heteroatoms. The molecular weight excluding hydrogens is 637 g/mol. The van der Waals surface area contributed by atoms with E-state index in [1.54, 1.807) is 32.0 Å². The summed E-state index contributed by atoms with van der Waals surface area (Å²) in [5.74, 6) is -6.34. The Morgan fingerprint density at radius 2 is 1.93 bits per heavy atom. The van der Waals surface area contributed by atoms with Crippen molar-refractivity contribution < 1.29 is 36.3 Å². The van der Waals surface area contributed by atoms with Gasteiger partial charge in [0, 0.05) is 53.7 Å². The van der Waals surface area contributed by atoms with Crippen LogP contribution in [0, 0.1) is 18.6 Å². The number of halogens is 6. The van der Waals surface area contributed by atoms with Crippen molar-refractivity contribution in [1.29, 1.82) is 0 Å². The summed E-state index contributed by atoms with van der Waals surface area (Å²) in [4.78, 5) is 32.1. The highest BCUT2D eigenvalue weighted by Gasteiger charge is 2.37. The summed E-state index contributed by atoms with van der Waals surface area (Å²) in [6.07, 6.45) is -1.58. The lowest BCUT2D eigenvalue weighted by atomic mass is 9.93. The molecular formula is C31H33BrF5N3O3. The third kappa shape index (κ3) is 8.21. The topological polar surface area (TPSA) is 71.5 Å². The molecule has 1 amide bonds. The fourth-order valence-corrected chi connectivity index (χ4v) is 5.70. The molecule has 2 atom stereocenters. The van der Waals surface area contributed by atoms with E-state index in [1.807, 2.05) is 0 Å². The van der Waals surface area contributed by atoms with Crippen LogP contribution in [0.25, 0.3) is 10.9 Å². The van der Waals surface area contributed by atoms with Gasteiger partial charge in [-0.3, -0.25) is 9.59 Å². The molecule has 0 saturated carbocycles. The number of ether oxygens (including phenoxy) is 1. The molecule has 1 N–H and O–H groups in total. The number of aromatic nitrogens is 1. The third-order valence-electron chi connectivity index (χ3n) is 7.46. The highest BCUT2D eigenvalue weighted by molar-refractivity contribution is 9.10. The summed E-state index contributed by atoms with van der Waals surface area (Å²) in [7, 11) is 0. The number of pyridine rings is 1. The summed E-state index contributed by atoms with van der Waals surface area (Å²) in [5, 5.41) is 3.24. The predicted octanol–water partition coefficient (Wildman–Crippen LogP) is 7.75. The van der Waals surface area contributed by atoms with E-state index in [2.05, 4.69) is 26.2 Å². The number of nitrogens with zero attached hydrogens (tertiary/aromatic N) is 2. The number of anilines is 1. The van der Waals surface area contributed by atoms with E-state index < -0.39 is 48.3 Å².